The monoisotopic (exact) mass is 364 g/mol. The molecule has 0 bridgehead atoms. The van der Waals surface area contributed by atoms with E-state index in [0.717, 1.165) is 17.7 Å². The van der Waals surface area contributed by atoms with E-state index >= 15 is 0 Å². The number of hydrogen-bond acceptors (Lipinski definition) is 4. The number of amides is 1. The molecule has 0 saturated heterocycles. The van der Waals surface area contributed by atoms with Gasteiger partial charge in [0.05, 0.1) is 6.61 Å². The summed E-state index contributed by atoms with van der Waals surface area (Å²) in [5.41, 5.74) is 0.638. The van der Waals surface area contributed by atoms with Crippen molar-refractivity contribution in [2.45, 2.75) is 46.3 Å². The number of aliphatic imine (C=N–C) groups is 1. The second-order valence-electron chi connectivity index (χ2n) is 6.72. The van der Waals surface area contributed by atoms with Crippen LogP contribution in [0.5, 0.6) is 5.75 Å². The molecular weight excluding hydrogens is 332 g/mol. The molecule has 0 aliphatic rings. The smallest absolute Gasteiger partial charge is 0.407 e. The molecule has 0 radical (unpaired) electrons. The molecule has 146 valence electrons. The predicted molar refractivity (Wildman–Crippen MR) is 105 cm³/mol. The Kier molecular flexibility index (Phi) is 9.33. The third-order valence-corrected chi connectivity index (χ3v) is 3.21. The van der Waals surface area contributed by atoms with E-state index in [1.54, 1.807) is 7.05 Å². The van der Waals surface area contributed by atoms with Gasteiger partial charge in [-0.05, 0) is 51.8 Å². The number of hydrogen-bond donors (Lipinski definition) is 3. The molecule has 0 aromatic heterocycles. The summed E-state index contributed by atoms with van der Waals surface area (Å²) in [5.74, 6) is 1.58. The molecule has 0 aliphatic heterocycles. The molecule has 0 fully saturated rings. The van der Waals surface area contributed by atoms with E-state index in [4.69, 9.17) is 9.47 Å². The highest BCUT2D eigenvalue weighted by molar-refractivity contribution is 5.79. The topological polar surface area (TPSA) is 84.0 Å². The summed E-state index contributed by atoms with van der Waals surface area (Å²) in [4.78, 5) is 15.7. The van der Waals surface area contributed by atoms with Gasteiger partial charge in [0.15, 0.2) is 5.96 Å². The van der Waals surface area contributed by atoms with Gasteiger partial charge in [-0.1, -0.05) is 12.1 Å². The van der Waals surface area contributed by atoms with Crippen LogP contribution in [-0.2, 0) is 11.3 Å². The Balaban J connectivity index is 2.25. The van der Waals surface area contributed by atoms with Crippen LogP contribution in [0.4, 0.5) is 4.79 Å². The van der Waals surface area contributed by atoms with E-state index in [1.807, 2.05) is 52.0 Å². The van der Waals surface area contributed by atoms with E-state index in [2.05, 4.69) is 20.9 Å². The van der Waals surface area contributed by atoms with Crippen LogP contribution in [0.2, 0.25) is 0 Å². The quantitative estimate of drug-likeness (QED) is 0.375. The van der Waals surface area contributed by atoms with Gasteiger partial charge in [-0.2, -0.15) is 0 Å². The zero-order chi connectivity index (χ0) is 19.4. The van der Waals surface area contributed by atoms with Gasteiger partial charge in [0, 0.05) is 26.7 Å². The molecule has 7 heteroatoms. The Morgan fingerprint density at radius 2 is 1.88 bits per heavy atom. The Morgan fingerprint density at radius 1 is 1.15 bits per heavy atom. The lowest BCUT2D eigenvalue weighted by atomic mass is 10.2. The zero-order valence-corrected chi connectivity index (χ0v) is 16.5. The van der Waals surface area contributed by atoms with Crippen molar-refractivity contribution in [1.82, 2.24) is 16.0 Å². The van der Waals surface area contributed by atoms with Crippen LogP contribution in [-0.4, -0.2) is 44.4 Å². The Hall–Kier alpha value is -2.44. The fourth-order valence-electron chi connectivity index (χ4n) is 2.12. The van der Waals surface area contributed by atoms with Gasteiger partial charge in [0.25, 0.3) is 0 Å². The molecule has 1 aromatic carbocycles. The Morgan fingerprint density at radius 3 is 2.54 bits per heavy atom. The van der Waals surface area contributed by atoms with Crippen molar-refractivity contribution in [3.8, 4) is 5.75 Å². The van der Waals surface area contributed by atoms with Gasteiger partial charge in [0.1, 0.15) is 11.4 Å². The fraction of sp³-hybridized carbons (Fsp3) is 0.579. The van der Waals surface area contributed by atoms with Gasteiger partial charge in [-0.15, -0.1) is 0 Å². The number of ether oxygens (including phenoxy) is 2. The highest BCUT2D eigenvalue weighted by atomic mass is 16.6. The highest BCUT2D eigenvalue weighted by Crippen LogP contribution is 2.12. The average Bonchev–Trinajstić information content (AvgIpc) is 2.56. The SMILES string of the molecule is CCOc1cccc(CNC(=NC)NCCCNC(=O)OC(C)(C)C)c1. The molecule has 1 aromatic rings. The number of nitrogens with zero attached hydrogens (tertiary/aromatic N) is 1. The molecule has 0 aliphatic carbocycles. The van der Waals surface area contributed by atoms with Gasteiger partial charge in [-0.3, -0.25) is 4.99 Å². The lowest BCUT2D eigenvalue weighted by molar-refractivity contribution is 0.0527. The van der Waals surface area contributed by atoms with Crippen molar-refractivity contribution in [2.24, 2.45) is 4.99 Å². The first-order chi connectivity index (χ1) is 12.3. The maximum Gasteiger partial charge on any atom is 0.407 e. The van der Waals surface area contributed by atoms with Crippen molar-refractivity contribution in [2.75, 3.05) is 26.7 Å². The molecule has 7 nitrogen and oxygen atoms in total. The summed E-state index contributed by atoms with van der Waals surface area (Å²) in [7, 11) is 1.73. The summed E-state index contributed by atoms with van der Waals surface area (Å²) < 4.78 is 10.7. The molecule has 1 rings (SSSR count). The van der Waals surface area contributed by atoms with Crippen LogP contribution in [0.15, 0.2) is 29.3 Å². The van der Waals surface area contributed by atoms with Crippen molar-refractivity contribution in [1.29, 1.82) is 0 Å². The fourth-order valence-corrected chi connectivity index (χ4v) is 2.12. The molecule has 0 unspecified atom stereocenters. The number of rotatable bonds is 8. The molecule has 26 heavy (non-hydrogen) atoms. The minimum Gasteiger partial charge on any atom is -0.494 e. The van der Waals surface area contributed by atoms with E-state index in [-0.39, 0.29) is 0 Å². The Bertz CT molecular complexity index is 582. The van der Waals surface area contributed by atoms with Crippen LogP contribution in [0.3, 0.4) is 0 Å². The second-order valence-corrected chi connectivity index (χ2v) is 6.72. The van der Waals surface area contributed by atoms with Gasteiger partial charge >= 0.3 is 6.09 Å². The molecule has 0 saturated carbocycles. The van der Waals surface area contributed by atoms with Crippen molar-refractivity contribution >= 4 is 12.1 Å². The lowest BCUT2D eigenvalue weighted by Gasteiger charge is -2.19. The third-order valence-electron chi connectivity index (χ3n) is 3.21. The average molecular weight is 364 g/mol. The van der Waals surface area contributed by atoms with E-state index in [9.17, 15) is 4.79 Å². The van der Waals surface area contributed by atoms with Crippen LogP contribution in [0.1, 0.15) is 39.7 Å². The number of guanidine groups is 1. The van der Waals surface area contributed by atoms with E-state index in [1.165, 1.54) is 0 Å². The highest BCUT2D eigenvalue weighted by Gasteiger charge is 2.15. The van der Waals surface area contributed by atoms with Crippen LogP contribution in [0.25, 0.3) is 0 Å². The van der Waals surface area contributed by atoms with Gasteiger partial charge in [0.2, 0.25) is 0 Å². The molecule has 0 atom stereocenters. The minimum atomic E-state index is -0.478. The minimum absolute atomic E-state index is 0.394. The maximum absolute atomic E-state index is 11.5. The third kappa shape index (κ3) is 9.76. The second kappa shape index (κ2) is 11.2. The van der Waals surface area contributed by atoms with Crippen LogP contribution in [0, 0.1) is 0 Å². The lowest BCUT2D eigenvalue weighted by Crippen LogP contribution is -2.39. The maximum atomic E-state index is 11.5. The summed E-state index contributed by atoms with van der Waals surface area (Å²) in [6.07, 6.45) is 0.369. The first kappa shape index (κ1) is 21.6. The first-order valence-corrected chi connectivity index (χ1v) is 8.97. The molecular formula is C19H32N4O3. The van der Waals surface area contributed by atoms with E-state index < -0.39 is 11.7 Å². The molecule has 0 spiro atoms. The standard InChI is InChI=1S/C19H32N4O3/c1-6-25-16-10-7-9-15(13-16)14-23-17(20-5)21-11-8-12-22-18(24)26-19(2,3)4/h7,9-10,13H,6,8,11-12,14H2,1-5H3,(H,22,24)(H2,20,21,23). The summed E-state index contributed by atoms with van der Waals surface area (Å²) in [6, 6.07) is 7.96. The number of carbonyl (C=O) groups is 1. The summed E-state index contributed by atoms with van der Waals surface area (Å²) >= 11 is 0. The molecule has 3 N–H and O–H groups in total. The van der Waals surface area contributed by atoms with Crippen molar-refractivity contribution in [3.63, 3.8) is 0 Å². The van der Waals surface area contributed by atoms with Gasteiger partial charge < -0.3 is 25.4 Å². The zero-order valence-electron chi connectivity index (χ0n) is 16.5. The van der Waals surface area contributed by atoms with E-state index in [0.29, 0.717) is 32.2 Å². The van der Waals surface area contributed by atoms with Crippen LogP contribution < -0.4 is 20.7 Å². The summed E-state index contributed by atoms with van der Waals surface area (Å²) in [6.45, 7) is 10.0. The van der Waals surface area contributed by atoms with Crippen molar-refractivity contribution in [3.05, 3.63) is 29.8 Å². The van der Waals surface area contributed by atoms with Crippen molar-refractivity contribution < 1.29 is 14.3 Å². The number of alkyl carbamates (subject to hydrolysis) is 1. The van der Waals surface area contributed by atoms with Crippen LogP contribution >= 0.6 is 0 Å². The number of benzene rings is 1. The largest absolute Gasteiger partial charge is 0.494 e. The normalized spacial score (nSPS) is 11.7. The van der Waals surface area contributed by atoms with Gasteiger partial charge in [-0.25, -0.2) is 4.79 Å². The predicted octanol–water partition coefficient (Wildman–Crippen LogP) is 2.67. The summed E-state index contributed by atoms with van der Waals surface area (Å²) in [5, 5.41) is 9.21. The molecule has 0 heterocycles. The first-order valence-electron chi connectivity index (χ1n) is 8.97. The number of nitrogens with one attached hydrogen (secondary N) is 3. The molecule has 1 amide bonds. The Labute approximate surface area is 156 Å². The number of carbonyl (C=O) groups excluding carboxylic acids is 1.